The van der Waals surface area contributed by atoms with E-state index in [2.05, 4.69) is 0 Å². The average molecular weight is 281 g/mol. The lowest BCUT2D eigenvalue weighted by Crippen LogP contribution is -2.33. The molecule has 0 bridgehead atoms. The van der Waals surface area contributed by atoms with Crippen LogP contribution in [0.3, 0.4) is 0 Å². The van der Waals surface area contributed by atoms with Gasteiger partial charge in [0.1, 0.15) is 10.7 Å². The Morgan fingerprint density at radius 1 is 1.21 bits per heavy atom. The van der Waals surface area contributed by atoms with E-state index in [9.17, 15) is 18.0 Å². The maximum atomic E-state index is 13.6. The third-order valence-electron chi connectivity index (χ3n) is 2.73. The van der Waals surface area contributed by atoms with Crippen LogP contribution in [0.15, 0.2) is 47.5 Å². The number of rotatable bonds is 3. The van der Waals surface area contributed by atoms with Crippen molar-refractivity contribution in [1.29, 1.82) is 0 Å². The fourth-order valence-electron chi connectivity index (χ4n) is 1.83. The zero-order valence-electron chi connectivity index (χ0n) is 10.2. The standard InChI is InChI=1S/C13H12FNO3S/c1-19(17,18)13-7-4-8-15(16)12(13)9-10-5-2-3-6-11(10)14/h2-8H,9H2,1H3. The van der Waals surface area contributed by atoms with E-state index in [4.69, 9.17) is 0 Å². The van der Waals surface area contributed by atoms with Crippen molar-refractivity contribution in [3.8, 4) is 0 Å². The summed E-state index contributed by atoms with van der Waals surface area (Å²) in [4.78, 5) is -0.0757. The van der Waals surface area contributed by atoms with E-state index in [0.29, 0.717) is 4.73 Å². The minimum atomic E-state index is -3.53. The van der Waals surface area contributed by atoms with Crippen LogP contribution in [-0.2, 0) is 16.3 Å². The van der Waals surface area contributed by atoms with Crippen molar-refractivity contribution < 1.29 is 17.5 Å². The summed E-state index contributed by atoms with van der Waals surface area (Å²) in [5, 5.41) is 11.7. The average Bonchev–Trinajstić information content (AvgIpc) is 2.33. The Kier molecular flexibility index (Phi) is 3.53. The molecule has 2 rings (SSSR count). The molecule has 0 aliphatic heterocycles. The molecule has 100 valence electrons. The Labute approximate surface area is 110 Å². The molecule has 0 saturated carbocycles. The van der Waals surface area contributed by atoms with Crippen LogP contribution in [0.2, 0.25) is 0 Å². The summed E-state index contributed by atoms with van der Waals surface area (Å²) in [7, 11) is -3.53. The van der Waals surface area contributed by atoms with Gasteiger partial charge < -0.3 is 5.21 Å². The summed E-state index contributed by atoms with van der Waals surface area (Å²) in [6.07, 6.45) is 2.15. The maximum absolute atomic E-state index is 13.6. The summed E-state index contributed by atoms with van der Waals surface area (Å²) in [5.74, 6) is -0.467. The molecular formula is C13H12FNO3S. The number of hydrogen-bond acceptors (Lipinski definition) is 3. The minimum Gasteiger partial charge on any atom is -0.618 e. The molecular weight excluding hydrogens is 269 g/mol. The molecule has 0 radical (unpaired) electrons. The number of hydrogen-bond donors (Lipinski definition) is 0. The molecule has 0 unspecified atom stereocenters. The third-order valence-corrected chi connectivity index (χ3v) is 3.91. The van der Waals surface area contributed by atoms with Gasteiger partial charge in [0.15, 0.2) is 16.0 Å². The first kappa shape index (κ1) is 13.5. The Balaban J connectivity index is 2.55. The van der Waals surface area contributed by atoms with E-state index in [1.165, 1.54) is 36.5 Å². The van der Waals surface area contributed by atoms with E-state index in [0.717, 1.165) is 6.26 Å². The molecule has 0 N–H and O–H groups in total. The van der Waals surface area contributed by atoms with Crippen LogP contribution in [0.1, 0.15) is 11.3 Å². The monoisotopic (exact) mass is 281 g/mol. The fraction of sp³-hybridized carbons (Fsp3) is 0.154. The van der Waals surface area contributed by atoms with E-state index in [-0.39, 0.29) is 22.6 Å². The normalized spacial score (nSPS) is 11.5. The zero-order valence-corrected chi connectivity index (χ0v) is 11.0. The number of pyridine rings is 1. The lowest BCUT2D eigenvalue weighted by atomic mass is 10.1. The van der Waals surface area contributed by atoms with E-state index in [1.54, 1.807) is 6.07 Å². The molecule has 0 amide bonds. The van der Waals surface area contributed by atoms with Crippen LogP contribution in [0.25, 0.3) is 0 Å². The molecule has 0 saturated heterocycles. The summed E-state index contributed by atoms with van der Waals surface area (Å²) < 4.78 is 37.3. The SMILES string of the molecule is CS(=O)(=O)c1ccc[n+]([O-])c1Cc1ccccc1F. The molecule has 19 heavy (non-hydrogen) atoms. The second kappa shape index (κ2) is 4.97. The molecule has 6 heteroatoms. The quantitative estimate of drug-likeness (QED) is 0.632. The number of benzene rings is 1. The fourth-order valence-corrected chi connectivity index (χ4v) is 2.74. The van der Waals surface area contributed by atoms with Gasteiger partial charge in [-0.15, -0.1) is 0 Å². The Bertz CT molecular complexity index is 714. The van der Waals surface area contributed by atoms with Crippen molar-refractivity contribution in [3.05, 3.63) is 64.9 Å². The summed E-state index contributed by atoms with van der Waals surface area (Å²) in [6, 6.07) is 8.67. The molecule has 0 atom stereocenters. The first-order valence-electron chi connectivity index (χ1n) is 5.54. The number of halogens is 1. The molecule has 0 fully saturated rings. The maximum Gasteiger partial charge on any atom is 0.215 e. The van der Waals surface area contributed by atoms with E-state index < -0.39 is 15.7 Å². The van der Waals surface area contributed by atoms with Gasteiger partial charge in [-0.1, -0.05) is 18.2 Å². The lowest BCUT2D eigenvalue weighted by molar-refractivity contribution is -0.615. The van der Waals surface area contributed by atoms with Gasteiger partial charge in [-0.05, 0) is 17.7 Å². The highest BCUT2D eigenvalue weighted by atomic mass is 32.2. The zero-order chi connectivity index (χ0) is 14.0. The van der Waals surface area contributed by atoms with Crippen molar-refractivity contribution in [2.24, 2.45) is 0 Å². The Morgan fingerprint density at radius 3 is 2.53 bits per heavy atom. The van der Waals surface area contributed by atoms with Crippen molar-refractivity contribution in [1.82, 2.24) is 0 Å². The predicted molar refractivity (Wildman–Crippen MR) is 67.7 cm³/mol. The van der Waals surface area contributed by atoms with Gasteiger partial charge in [0.2, 0.25) is 5.69 Å². The third kappa shape index (κ3) is 2.90. The van der Waals surface area contributed by atoms with Gasteiger partial charge in [-0.2, -0.15) is 4.73 Å². The predicted octanol–water partition coefficient (Wildman–Crippen LogP) is 1.45. The summed E-state index contributed by atoms with van der Waals surface area (Å²) >= 11 is 0. The molecule has 2 aromatic rings. The molecule has 0 aliphatic rings. The van der Waals surface area contributed by atoms with Crippen molar-refractivity contribution in [2.45, 2.75) is 11.3 Å². The van der Waals surface area contributed by atoms with Gasteiger partial charge in [-0.25, -0.2) is 12.8 Å². The van der Waals surface area contributed by atoms with E-state index in [1.807, 2.05) is 0 Å². The minimum absolute atomic E-state index is 0.0232. The summed E-state index contributed by atoms with van der Waals surface area (Å²) in [6.45, 7) is 0. The number of sulfone groups is 1. The van der Waals surface area contributed by atoms with Crippen LogP contribution in [0, 0.1) is 11.0 Å². The Morgan fingerprint density at radius 2 is 1.89 bits per heavy atom. The van der Waals surface area contributed by atoms with Gasteiger partial charge >= 0.3 is 0 Å². The molecule has 0 aliphatic carbocycles. The van der Waals surface area contributed by atoms with Crippen molar-refractivity contribution >= 4 is 9.84 Å². The Hall–Kier alpha value is -1.95. The highest BCUT2D eigenvalue weighted by Crippen LogP contribution is 2.17. The van der Waals surface area contributed by atoms with Gasteiger partial charge in [0.05, 0.1) is 6.42 Å². The van der Waals surface area contributed by atoms with Gasteiger partial charge in [-0.3, -0.25) is 0 Å². The molecule has 4 nitrogen and oxygen atoms in total. The van der Waals surface area contributed by atoms with Crippen molar-refractivity contribution in [2.75, 3.05) is 6.26 Å². The molecule has 1 aromatic carbocycles. The van der Waals surface area contributed by atoms with Crippen molar-refractivity contribution in [3.63, 3.8) is 0 Å². The highest BCUT2D eigenvalue weighted by Gasteiger charge is 2.21. The van der Waals surface area contributed by atoms with Gasteiger partial charge in [0, 0.05) is 12.3 Å². The smallest absolute Gasteiger partial charge is 0.215 e. The molecule has 1 aromatic heterocycles. The first-order chi connectivity index (χ1) is 8.89. The second-order valence-electron chi connectivity index (χ2n) is 4.19. The topological polar surface area (TPSA) is 61.1 Å². The molecule has 0 spiro atoms. The second-order valence-corrected chi connectivity index (χ2v) is 6.17. The summed E-state index contributed by atoms with van der Waals surface area (Å²) in [5.41, 5.74) is 0.304. The molecule has 1 heterocycles. The van der Waals surface area contributed by atoms with Crippen LogP contribution in [0.4, 0.5) is 4.39 Å². The number of aromatic nitrogens is 1. The highest BCUT2D eigenvalue weighted by molar-refractivity contribution is 7.90. The van der Waals surface area contributed by atoms with Gasteiger partial charge in [0.25, 0.3) is 0 Å². The van der Waals surface area contributed by atoms with Crippen LogP contribution in [0.5, 0.6) is 0 Å². The van der Waals surface area contributed by atoms with Crippen LogP contribution < -0.4 is 4.73 Å². The van der Waals surface area contributed by atoms with Crippen LogP contribution in [-0.4, -0.2) is 14.7 Å². The lowest BCUT2D eigenvalue weighted by Gasteiger charge is -2.09. The van der Waals surface area contributed by atoms with E-state index >= 15 is 0 Å². The van der Waals surface area contributed by atoms with Crippen LogP contribution >= 0.6 is 0 Å². The largest absolute Gasteiger partial charge is 0.618 e. The first-order valence-corrected chi connectivity index (χ1v) is 7.43. The number of nitrogens with zero attached hydrogens (tertiary/aromatic N) is 1.